The lowest BCUT2D eigenvalue weighted by Gasteiger charge is -2.21. The van der Waals surface area contributed by atoms with E-state index in [2.05, 4.69) is 52.3 Å². The normalized spacial score (nSPS) is 10.4. The maximum Gasteiger partial charge on any atom is 0.0372 e. The van der Waals surface area contributed by atoms with Crippen molar-refractivity contribution < 1.29 is 0 Å². The van der Waals surface area contributed by atoms with E-state index < -0.39 is 0 Å². The van der Waals surface area contributed by atoms with Crippen LogP contribution in [-0.2, 0) is 13.0 Å². The Bertz CT molecular complexity index is 499. The molecule has 0 radical (unpaired) electrons. The van der Waals surface area contributed by atoms with Gasteiger partial charge in [-0.05, 0) is 30.5 Å². The molecule has 0 bridgehead atoms. The third-order valence-corrected chi connectivity index (χ3v) is 3.38. The zero-order valence-electron chi connectivity index (χ0n) is 12.5. The summed E-state index contributed by atoms with van der Waals surface area (Å²) in [7, 11) is 0. The van der Waals surface area contributed by atoms with E-state index in [9.17, 15) is 0 Å². The molecule has 114 valence electrons. The van der Waals surface area contributed by atoms with Crippen molar-refractivity contribution in [2.45, 2.75) is 19.9 Å². The predicted molar refractivity (Wildman–Crippen MR) is 90.7 cm³/mol. The molecule has 1 heterocycles. The maximum absolute atomic E-state index is 5.72. The lowest BCUT2D eigenvalue weighted by atomic mass is 10.1. The smallest absolute Gasteiger partial charge is 0.0372 e. The van der Waals surface area contributed by atoms with Gasteiger partial charge in [-0.25, -0.2) is 0 Å². The molecule has 0 fully saturated rings. The van der Waals surface area contributed by atoms with Crippen molar-refractivity contribution in [3.63, 3.8) is 0 Å². The molecule has 21 heavy (non-hydrogen) atoms. The number of hydrogen-bond donors (Lipinski definition) is 1. The van der Waals surface area contributed by atoms with E-state index in [1.54, 1.807) is 0 Å². The standard InChI is InChI=1S/C17H23N3.ClH/c1-15-7-8-17(13-19-15)14-20(12-10-18)11-9-16-5-3-2-4-6-16;/h2-8,13H,9-12,14,18H2,1H3;1H. The van der Waals surface area contributed by atoms with Crippen molar-refractivity contribution in [2.24, 2.45) is 5.73 Å². The number of hydrogen-bond acceptors (Lipinski definition) is 3. The first-order valence-electron chi connectivity index (χ1n) is 7.16. The Morgan fingerprint density at radius 1 is 1.00 bits per heavy atom. The molecule has 0 saturated carbocycles. The van der Waals surface area contributed by atoms with E-state index in [1.165, 1.54) is 11.1 Å². The Hall–Kier alpha value is -1.42. The Morgan fingerprint density at radius 3 is 2.38 bits per heavy atom. The van der Waals surface area contributed by atoms with Crippen LogP contribution >= 0.6 is 12.4 Å². The van der Waals surface area contributed by atoms with Crippen LogP contribution in [0.1, 0.15) is 16.8 Å². The number of aryl methyl sites for hydroxylation is 1. The molecule has 0 amide bonds. The van der Waals surface area contributed by atoms with E-state index >= 15 is 0 Å². The Kier molecular flexibility index (Phi) is 7.98. The number of halogens is 1. The summed E-state index contributed by atoms with van der Waals surface area (Å²) in [5, 5.41) is 0. The number of aromatic nitrogens is 1. The summed E-state index contributed by atoms with van der Waals surface area (Å²) in [4.78, 5) is 6.74. The molecule has 2 rings (SSSR count). The molecule has 3 nitrogen and oxygen atoms in total. The predicted octanol–water partition coefficient (Wildman–Crippen LogP) is 2.82. The average molecular weight is 306 g/mol. The SMILES string of the molecule is Cc1ccc(CN(CCN)CCc2ccccc2)cn1.Cl. The summed E-state index contributed by atoms with van der Waals surface area (Å²) in [6.07, 6.45) is 3.02. The third kappa shape index (κ3) is 6.25. The minimum Gasteiger partial charge on any atom is -0.329 e. The van der Waals surface area contributed by atoms with Gasteiger partial charge in [0.05, 0.1) is 0 Å². The van der Waals surface area contributed by atoms with E-state index in [1.807, 2.05) is 13.1 Å². The quantitative estimate of drug-likeness (QED) is 0.855. The van der Waals surface area contributed by atoms with Gasteiger partial charge in [-0.15, -0.1) is 12.4 Å². The van der Waals surface area contributed by atoms with Crippen molar-refractivity contribution in [1.82, 2.24) is 9.88 Å². The van der Waals surface area contributed by atoms with E-state index in [-0.39, 0.29) is 12.4 Å². The number of benzene rings is 1. The number of rotatable bonds is 7. The average Bonchev–Trinajstić information content (AvgIpc) is 2.48. The molecule has 4 heteroatoms. The van der Waals surface area contributed by atoms with Gasteiger partial charge in [0.25, 0.3) is 0 Å². The monoisotopic (exact) mass is 305 g/mol. The molecule has 1 aromatic carbocycles. The van der Waals surface area contributed by atoms with Crippen LogP contribution in [0.4, 0.5) is 0 Å². The van der Waals surface area contributed by atoms with Gasteiger partial charge in [-0.2, -0.15) is 0 Å². The highest BCUT2D eigenvalue weighted by Crippen LogP contribution is 2.07. The van der Waals surface area contributed by atoms with Crippen LogP contribution in [0.2, 0.25) is 0 Å². The van der Waals surface area contributed by atoms with Crippen molar-refractivity contribution in [2.75, 3.05) is 19.6 Å². The first-order chi connectivity index (χ1) is 9.78. The first-order valence-corrected chi connectivity index (χ1v) is 7.16. The van der Waals surface area contributed by atoms with Gasteiger partial charge in [0.2, 0.25) is 0 Å². The fourth-order valence-electron chi connectivity index (χ4n) is 2.23. The fourth-order valence-corrected chi connectivity index (χ4v) is 2.23. The minimum atomic E-state index is 0. The van der Waals surface area contributed by atoms with Crippen LogP contribution in [-0.4, -0.2) is 29.5 Å². The molecular formula is C17H24ClN3. The van der Waals surface area contributed by atoms with Gasteiger partial charge in [-0.3, -0.25) is 9.88 Å². The second kappa shape index (κ2) is 9.50. The van der Waals surface area contributed by atoms with Crippen molar-refractivity contribution >= 4 is 12.4 Å². The van der Waals surface area contributed by atoms with Crippen molar-refractivity contribution in [1.29, 1.82) is 0 Å². The number of nitrogens with zero attached hydrogens (tertiary/aromatic N) is 2. The maximum atomic E-state index is 5.72. The zero-order valence-corrected chi connectivity index (χ0v) is 13.4. The molecule has 0 saturated heterocycles. The lowest BCUT2D eigenvalue weighted by molar-refractivity contribution is 0.276. The summed E-state index contributed by atoms with van der Waals surface area (Å²) in [6, 6.07) is 14.8. The van der Waals surface area contributed by atoms with Crippen LogP contribution in [0.25, 0.3) is 0 Å². The summed E-state index contributed by atoms with van der Waals surface area (Å²) >= 11 is 0. The second-order valence-electron chi connectivity index (χ2n) is 5.11. The van der Waals surface area contributed by atoms with Crippen LogP contribution < -0.4 is 5.73 Å². The molecule has 1 aromatic heterocycles. The third-order valence-electron chi connectivity index (χ3n) is 3.38. The van der Waals surface area contributed by atoms with Gasteiger partial charge < -0.3 is 5.73 Å². The lowest BCUT2D eigenvalue weighted by Crippen LogP contribution is -2.31. The highest BCUT2D eigenvalue weighted by Gasteiger charge is 2.06. The topological polar surface area (TPSA) is 42.1 Å². The first kappa shape index (κ1) is 17.6. The van der Waals surface area contributed by atoms with Crippen LogP contribution in [0.5, 0.6) is 0 Å². The number of pyridine rings is 1. The summed E-state index contributed by atoms with van der Waals surface area (Å²) in [5.74, 6) is 0. The molecule has 0 aliphatic heterocycles. The van der Waals surface area contributed by atoms with Gasteiger partial charge in [0.1, 0.15) is 0 Å². The zero-order chi connectivity index (χ0) is 14.2. The second-order valence-corrected chi connectivity index (χ2v) is 5.11. The Labute approximate surface area is 133 Å². The van der Waals surface area contributed by atoms with Crippen LogP contribution in [0.3, 0.4) is 0 Å². The van der Waals surface area contributed by atoms with Crippen LogP contribution in [0, 0.1) is 6.92 Å². The minimum absolute atomic E-state index is 0. The molecular weight excluding hydrogens is 282 g/mol. The van der Waals surface area contributed by atoms with Crippen molar-refractivity contribution in [3.8, 4) is 0 Å². The summed E-state index contributed by atoms with van der Waals surface area (Å²) in [6.45, 7) is 5.55. The van der Waals surface area contributed by atoms with Gasteiger partial charge >= 0.3 is 0 Å². The molecule has 0 aliphatic carbocycles. The Balaban J connectivity index is 0.00000220. The van der Waals surface area contributed by atoms with Gasteiger partial charge in [0, 0.05) is 38.1 Å². The number of nitrogens with two attached hydrogens (primary N) is 1. The molecule has 2 aromatic rings. The Morgan fingerprint density at radius 2 is 1.76 bits per heavy atom. The molecule has 0 unspecified atom stereocenters. The molecule has 2 N–H and O–H groups in total. The highest BCUT2D eigenvalue weighted by molar-refractivity contribution is 5.85. The summed E-state index contributed by atoms with van der Waals surface area (Å²) < 4.78 is 0. The highest BCUT2D eigenvalue weighted by atomic mass is 35.5. The summed E-state index contributed by atoms with van der Waals surface area (Å²) in [5.41, 5.74) is 9.40. The fraction of sp³-hybridized carbons (Fsp3) is 0.353. The van der Waals surface area contributed by atoms with Crippen LogP contribution in [0.15, 0.2) is 48.7 Å². The van der Waals surface area contributed by atoms with E-state index in [0.29, 0.717) is 6.54 Å². The molecule has 0 atom stereocenters. The van der Waals surface area contributed by atoms with E-state index in [4.69, 9.17) is 5.73 Å². The van der Waals surface area contributed by atoms with Gasteiger partial charge in [-0.1, -0.05) is 36.4 Å². The van der Waals surface area contributed by atoms with Gasteiger partial charge in [0.15, 0.2) is 0 Å². The molecule has 0 aliphatic rings. The largest absolute Gasteiger partial charge is 0.329 e. The molecule has 0 spiro atoms. The van der Waals surface area contributed by atoms with E-state index in [0.717, 1.165) is 31.7 Å². The van der Waals surface area contributed by atoms with Crippen molar-refractivity contribution in [3.05, 3.63) is 65.5 Å².